The van der Waals surface area contributed by atoms with Crippen LogP contribution >= 0.6 is 0 Å². The minimum atomic E-state index is -0.382. The number of imidazole rings is 1. The van der Waals surface area contributed by atoms with E-state index in [1.165, 1.54) is 9.13 Å². The predicted octanol–water partition coefficient (Wildman–Crippen LogP) is 1.79. The van der Waals surface area contributed by atoms with Crippen molar-refractivity contribution in [2.24, 2.45) is 12.1 Å². The Balaban J connectivity index is 1.87. The minimum Gasteiger partial charge on any atom is -0.380 e. The van der Waals surface area contributed by atoms with Crippen molar-refractivity contribution in [3.05, 3.63) is 55.7 Å². The van der Waals surface area contributed by atoms with Crippen molar-refractivity contribution in [2.45, 2.75) is 40.8 Å². The second kappa shape index (κ2) is 8.14. The monoisotopic (exact) mass is 424 g/mol. The maximum atomic E-state index is 13.5. The fourth-order valence-electron chi connectivity index (χ4n) is 3.94. The quantitative estimate of drug-likeness (QED) is 0.563. The third-order valence-electron chi connectivity index (χ3n) is 5.61. The Hall–Kier alpha value is -3.20. The molecule has 3 aromatic rings. The molecular formula is C22H28N6O3. The summed E-state index contributed by atoms with van der Waals surface area (Å²) in [5, 5.41) is 6.32. The Labute approximate surface area is 180 Å². The summed E-state index contributed by atoms with van der Waals surface area (Å²) in [5.41, 5.74) is 4.01. The van der Waals surface area contributed by atoms with Crippen molar-refractivity contribution < 1.29 is 4.74 Å². The Kier molecular flexibility index (Phi) is 5.53. The molecule has 4 rings (SSSR count). The van der Waals surface area contributed by atoms with Crippen LogP contribution in [-0.2, 0) is 24.9 Å². The highest BCUT2D eigenvalue weighted by molar-refractivity contribution is 5.87. The number of hydrogen-bond acceptors (Lipinski definition) is 6. The molecule has 9 heteroatoms. The predicted molar refractivity (Wildman–Crippen MR) is 121 cm³/mol. The van der Waals surface area contributed by atoms with Gasteiger partial charge in [0.15, 0.2) is 11.2 Å². The maximum Gasteiger partial charge on any atom is 0.332 e. The molecule has 0 radical (unpaired) electrons. The highest BCUT2D eigenvalue weighted by Crippen LogP contribution is 2.23. The molecule has 0 aliphatic carbocycles. The zero-order valence-electron chi connectivity index (χ0n) is 18.7. The second-order valence-corrected chi connectivity index (χ2v) is 7.99. The molecule has 0 N–H and O–H groups in total. The summed E-state index contributed by atoms with van der Waals surface area (Å²) in [6.45, 7) is 10.1. The van der Waals surface area contributed by atoms with Crippen molar-refractivity contribution in [2.75, 3.05) is 24.8 Å². The molecule has 0 fully saturated rings. The van der Waals surface area contributed by atoms with Gasteiger partial charge in [0, 0.05) is 13.7 Å². The normalized spacial score (nSPS) is 13.6. The van der Waals surface area contributed by atoms with Gasteiger partial charge < -0.3 is 4.74 Å². The molecule has 0 saturated carbocycles. The molecule has 1 aliphatic rings. The van der Waals surface area contributed by atoms with Crippen LogP contribution < -0.4 is 16.3 Å². The van der Waals surface area contributed by atoms with E-state index in [0.717, 1.165) is 22.4 Å². The molecular weight excluding hydrogens is 396 g/mol. The highest BCUT2D eigenvalue weighted by atomic mass is 16.5. The number of nitrogens with zero attached hydrogens (tertiary/aromatic N) is 6. The molecule has 0 bridgehead atoms. The van der Waals surface area contributed by atoms with Gasteiger partial charge in [0.25, 0.3) is 5.56 Å². The lowest BCUT2D eigenvalue weighted by Gasteiger charge is -2.24. The van der Waals surface area contributed by atoms with Crippen LogP contribution in [0.3, 0.4) is 0 Å². The van der Waals surface area contributed by atoms with E-state index in [9.17, 15) is 9.59 Å². The van der Waals surface area contributed by atoms with Crippen molar-refractivity contribution in [3.63, 3.8) is 0 Å². The first-order chi connectivity index (χ1) is 14.8. The molecule has 0 spiro atoms. The summed E-state index contributed by atoms with van der Waals surface area (Å²) in [6, 6.07) is 6.05. The van der Waals surface area contributed by atoms with E-state index in [4.69, 9.17) is 4.74 Å². The van der Waals surface area contributed by atoms with Gasteiger partial charge in [-0.3, -0.25) is 18.5 Å². The van der Waals surface area contributed by atoms with Crippen LogP contribution in [0.15, 0.2) is 32.9 Å². The molecule has 9 nitrogen and oxygen atoms in total. The molecule has 0 amide bonds. The van der Waals surface area contributed by atoms with E-state index in [2.05, 4.69) is 10.1 Å². The lowest BCUT2D eigenvalue weighted by atomic mass is 10.1. The summed E-state index contributed by atoms with van der Waals surface area (Å²) in [5.74, 6) is 0.553. The maximum absolute atomic E-state index is 13.5. The first-order valence-electron chi connectivity index (χ1n) is 10.5. The van der Waals surface area contributed by atoms with Gasteiger partial charge in [-0.2, -0.15) is 10.1 Å². The first-order valence-corrected chi connectivity index (χ1v) is 10.5. The number of ether oxygens (including phenoxy) is 1. The fraction of sp³-hybridized carbons (Fsp3) is 0.455. The van der Waals surface area contributed by atoms with Gasteiger partial charge in [0.2, 0.25) is 5.95 Å². The van der Waals surface area contributed by atoms with Gasteiger partial charge in [0.05, 0.1) is 32.0 Å². The SMILES string of the molecule is CCOCCN1N=C(C)Cn2c1nc1c2c(=O)n(Cc2cc(C)ccc2C)c(=O)n1C. The average molecular weight is 425 g/mol. The van der Waals surface area contributed by atoms with E-state index in [1.807, 2.05) is 50.5 Å². The molecule has 0 unspecified atom stereocenters. The second-order valence-electron chi connectivity index (χ2n) is 7.99. The largest absolute Gasteiger partial charge is 0.380 e. The van der Waals surface area contributed by atoms with Gasteiger partial charge >= 0.3 is 5.69 Å². The molecule has 2 aromatic heterocycles. The number of rotatable bonds is 6. The van der Waals surface area contributed by atoms with E-state index < -0.39 is 0 Å². The molecule has 3 heterocycles. The zero-order chi connectivity index (χ0) is 22.3. The van der Waals surface area contributed by atoms with Crippen LogP contribution in [0.5, 0.6) is 0 Å². The van der Waals surface area contributed by atoms with Crippen LogP contribution in [0.25, 0.3) is 11.2 Å². The third-order valence-corrected chi connectivity index (χ3v) is 5.61. The average Bonchev–Trinajstić information content (AvgIpc) is 3.12. The lowest BCUT2D eigenvalue weighted by molar-refractivity contribution is 0.153. The number of fused-ring (bicyclic) bond motifs is 3. The van der Waals surface area contributed by atoms with Gasteiger partial charge in [-0.1, -0.05) is 23.8 Å². The molecule has 31 heavy (non-hydrogen) atoms. The Bertz CT molecular complexity index is 1300. The summed E-state index contributed by atoms with van der Waals surface area (Å²) >= 11 is 0. The van der Waals surface area contributed by atoms with E-state index >= 15 is 0 Å². The first kappa shape index (κ1) is 21.0. The van der Waals surface area contributed by atoms with Crippen LogP contribution in [0.2, 0.25) is 0 Å². The van der Waals surface area contributed by atoms with E-state index in [-0.39, 0.29) is 17.8 Å². The minimum absolute atomic E-state index is 0.219. The van der Waals surface area contributed by atoms with Gasteiger partial charge in [-0.05, 0) is 38.8 Å². The third kappa shape index (κ3) is 3.69. The highest BCUT2D eigenvalue weighted by Gasteiger charge is 2.26. The van der Waals surface area contributed by atoms with Crippen LogP contribution in [0.4, 0.5) is 5.95 Å². The summed E-state index contributed by atoms with van der Waals surface area (Å²) < 4.78 is 10.1. The number of hydrazone groups is 1. The standard InChI is InChI=1S/C22H28N6O3/c1-6-31-10-9-28-21-23-19-18(26(21)12-16(4)24-28)20(29)27(22(30)25(19)5)13-17-11-14(2)7-8-15(17)3/h7-8,11H,6,9-10,12-13H2,1-5H3. The molecule has 164 valence electrons. The van der Waals surface area contributed by atoms with Crippen LogP contribution in [0, 0.1) is 13.8 Å². The van der Waals surface area contributed by atoms with Crippen LogP contribution in [0.1, 0.15) is 30.5 Å². The number of hydrogen-bond donors (Lipinski definition) is 0. The molecule has 0 saturated heterocycles. The van der Waals surface area contributed by atoms with E-state index in [0.29, 0.717) is 43.4 Å². The van der Waals surface area contributed by atoms with Gasteiger partial charge in [-0.15, -0.1) is 0 Å². The number of aromatic nitrogens is 4. The summed E-state index contributed by atoms with van der Waals surface area (Å²) in [4.78, 5) is 31.2. The number of anilines is 1. The molecule has 1 aliphatic heterocycles. The Morgan fingerprint density at radius 1 is 1.16 bits per heavy atom. The summed E-state index contributed by atoms with van der Waals surface area (Å²) in [6.07, 6.45) is 0. The van der Waals surface area contributed by atoms with Gasteiger partial charge in [0.1, 0.15) is 0 Å². The van der Waals surface area contributed by atoms with Crippen molar-refractivity contribution in [1.29, 1.82) is 0 Å². The molecule has 1 aromatic carbocycles. The number of benzene rings is 1. The van der Waals surface area contributed by atoms with Crippen LogP contribution in [-0.4, -0.2) is 44.2 Å². The molecule has 0 atom stereocenters. The number of aryl methyl sites for hydroxylation is 3. The summed E-state index contributed by atoms with van der Waals surface area (Å²) in [7, 11) is 1.65. The van der Waals surface area contributed by atoms with Crippen molar-refractivity contribution >= 4 is 22.8 Å². The fourth-order valence-corrected chi connectivity index (χ4v) is 3.94. The Morgan fingerprint density at radius 2 is 1.94 bits per heavy atom. The smallest absolute Gasteiger partial charge is 0.332 e. The topological polar surface area (TPSA) is 86.7 Å². The van der Waals surface area contributed by atoms with Crippen molar-refractivity contribution in [3.8, 4) is 0 Å². The van der Waals surface area contributed by atoms with Crippen molar-refractivity contribution in [1.82, 2.24) is 18.7 Å². The zero-order valence-corrected chi connectivity index (χ0v) is 18.7. The Morgan fingerprint density at radius 3 is 2.68 bits per heavy atom. The van der Waals surface area contributed by atoms with Gasteiger partial charge in [-0.25, -0.2) is 9.80 Å². The van der Waals surface area contributed by atoms with E-state index in [1.54, 1.807) is 12.1 Å². The lowest BCUT2D eigenvalue weighted by Crippen LogP contribution is -2.40.